The van der Waals surface area contributed by atoms with Crippen molar-refractivity contribution in [3.05, 3.63) is 46.0 Å². The molecule has 0 bridgehead atoms. The molecule has 7 nitrogen and oxygen atoms in total. The van der Waals surface area contributed by atoms with E-state index in [1.807, 2.05) is 0 Å². The SMILES string of the molecule is CC(C)(C)OC(=O)N1CC(F)CC1[C@@H](O)[C@@H](Cc1ccccc1)[N+](=O)[O-]. The molecule has 4 atom stereocenters. The van der Waals surface area contributed by atoms with Gasteiger partial charge < -0.3 is 9.84 Å². The van der Waals surface area contributed by atoms with Crippen LogP contribution in [0.2, 0.25) is 0 Å². The second-order valence-corrected chi connectivity index (χ2v) is 7.57. The summed E-state index contributed by atoms with van der Waals surface area (Å²) in [6, 6.07) is 6.38. The van der Waals surface area contributed by atoms with Crippen LogP contribution in [0.5, 0.6) is 0 Å². The molecule has 1 fully saturated rings. The molecule has 144 valence electrons. The number of aliphatic hydroxyl groups is 1. The second kappa shape index (κ2) is 7.99. The number of nitrogens with zero attached hydrogens (tertiary/aromatic N) is 2. The first kappa shape index (κ1) is 20.1. The lowest BCUT2D eigenvalue weighted by Gasteiger charge is -2.31. The molecule has 0 spiro atoms. The van der Waals surface area contributed by atoms with Gasteiger partial charge in [-0.3, -0.25) is 15.0 Å². The van der Waals surface area contributed by atoms with E-state index in [0.717, 1.165) is 4.90 Å². The van der Waals surface area contributed by atoms with Crippen molar-refractivity contribution in [2.45, 2.75) is 63.6 Å². The number of hydrogen-bond donors (Lipinski definition) is 1. The van der Waals surface area contributed by atoms with Gasteiger partial charge in [-0.25, -0.2) is 9.18 Å². The first-order valence-electron chi connectivity index (χ1n) is 8.57. The summed E-state index contributed by atoms with van der Waals surface area (Å²) in [5.74, 6) is 0. The second-order valence-electron chi connectivity index (χ2n) is 7.57. The molecule has 26 heavy (non-hydrogen) atoms. The quantitative estimate of drug-likeness (QED) is 0.637. The number of rotatable bonds is 5. The van der Waals surface area contributed by atoms with E-state index in [4.69, 9.17) is 4.74 Å². The number of aliphatic hydroxyl groups excluding tert-OH is 1. The maximum Gasteiger partial charge on any atom is 0.410 e. The minimum atomic E-state index is -1.50. The Labute approximate surface area is 151 Å². The van der Waals surface area contributed by atoms with E-state index in [9.17, 15) is 24.4 Å². The number of carbonyl (C=O) groups excluding carboxylic acids is 1. The van der Waals surface area contributed by atoms with Crippen LogP contribution in [0.1, 0.15) is 32.8 Å². The highest BCUT2D eigenvalue weighted by Crippen LogP contribution is 2.28. The number of ether oxygens (including phenoxy) is 1. The van der Waals surface area contributed by atoms with Gasteiger partial charge in [-0.1, -0.05) is 30.3 Å². The molecule has 8 heteroatoms. The molecule has 0 aliphatic carbocycles. The summed E-state index contributed by atoms with van der Waals surface area (Å²) < 4.78 is 19.2. The Kier molecular flexibility index (Phi) is 6.17. The van der Waals surface area contributed by atoms with Gasteiger partial charge in [0, 0.05) is 17.8 Å². The van der Waals surface area contributed by atoms with Crippen LogP contribution in [0.3, 0.4) is 0 Å². The number of carbonyl (C=O) groups is 1. The fourth-order valence-corrected chi connectivity index (χ4v) is 3.10. The predicted octanol–water partition coefficient (Wildman–Crippen LogP) is 2.58. The molecule has 0 aromatic heterocycles. The first-order chi connectivity index (χ1) is 12.1. The molecule has 1 aliphatic rings. The molecule has 0 radical (unpaired) electrons. The van der Waals surface area contributed by atoms with Crippen molar-refractivity contribution in [1.82, 2.24) is 4.90 Å². The molecule has 1 amide bonds. The lowest BCUT2D eigenvalue weighted by Crippen LogP contribution is -2.51. The molecular formula is C18H25FN2O5. The molecule has 1 heterocycles. The first-order valence-corrected chi connectivity index (χ1v) is 8.57. The Morgan fingerprint density at radius 1 is 1.42 bits per heavy atom. The Morgan fingerprint density at radius 2 is 2.04 bits per heavy atom. The molecule has 2 unspecified atom stereocenters. The standard InChI is InChI=1S/C18H25FN2O5/c1-18(2,3)26-17(23)20-11-13(19)10-14(20)16(22)15(21(24)25)9-12-7-5-4-6-8-12/h4-8,13-16,22H,9-11H2,1-3H3/t13?,14?,15-,16-/m1/s1. The van der Waals surface area contributed by atoms with Crippen LogP contribution >= 0.6 is 0 Å². The summed E-state index contributed by atoms with van der Waals surface area (Å²) in [7, 11) is 0. The van der Waals surface area contributed by atoms with Crippen LogP contribution in [0.4, 0.5) is 9.18 Å². The molecule has 1 aromatic carbocycles. The summed E-state index contributed by atoms with van der Waals surface area (Å²) in [4.78, 5) is 24.3. The zero-order chi connectivity index (χ0) is 19.5. The van der Waals surface area contributed by atoms with Crippen LogP contribution in [-0.4, -0.2) is 57.5 Å². The zero-order valence-electron chi connectivity index (χ0n) is 15.2. The van der Waals surface area contributed by atoms with Gasteiger partial charge >= 0.3 is 6.09 Å². The Bertz CT molecular complexity index is 634. The van der Waals surface area contributed by atoms with Crippen LogP contribution in [-0.2, 0) is 11.2 Å². The van der Waals surface area contributed by atoms with Crippen LogP contribution in [0.25, 0.3) is 0 Å². The van der Waals surface area contributed by atoms with Crippen molar-refractivity contribution >= 4 is 6.09 Å². The van der Waals surface area contributed by atoms with Gasteiger partial charge in [0.05, 0.1) is 12.6 Å². The average molecular weight is 368 g/mol. The lowest BCUT2D eigenvalue weighted by atomic mass is 9.95. The summed E-state index contributed by atoms with van der Waals surface area (Å²) in [5, 5.41) is 22.1. The fraction of sp³-hybridized carbons (Fsp3) is 0.611. The van der Waals surface area contributed by atoms with E-state index < -0.39 is 41.0 Å². The van der Waals surface area contributed by atoms with Crippen molar-refractivity contribution in [2.24, 2.45) is 0 Å². The van der Waals surface area contributed by atoms with Crippen molar-refractivity contribution in [2.75, 3.05) is 6.54 Å². The minimum absolute atomic E-state index is 0.00931. The third kappa shape index (κ3) is 5.14. The molecule has 0 saturated carbocycles. The van der Waals surface area contributed by atoms with Gasteiger partial charge in [-0.15, -0.1) is 0 Å². The third-order valence-corrected chi connectivity index (χ3v) is 4.27. The van der Waals surface area contributed by atoms with Crippen molar-refractivity contribution < 1.29 is 24.0 Å². The monoisotopic (exact) mass is 368 g/mol. The minimum Gasteiger partial charge on any atom is -0.444 e. The van der Waals surface area contributed by atoms with E-state index in [0.29, 0.717) is 5.56 Å². The number of amides is 1. The van der Waals surface area contributed by atoms with E-state index in [-0.39, 0.29) is 19.4 Å². The Balaban J connectivity index is 2.18. The van der Waals surface area contributed by atoms with E-state index in [1.165, 1.54) is 0 Å². The maximum atomic E-state index is 13.9. The summed E-state index contributed by atoms with van der Waals surface area (Å²) >= 11 is 0. The Morgan fingerprint density at radius 3 is 2.58 bits per heavy atom. The van der Waals surface area contributed by atoms with Crippen LogP contribution in [0.15, 0.2) is 30.3 Å². The van der Waals surface area contributed by atoms with Crippen molar-refractivity contribution in [3.63, 3.8) is 0 Å². The smallest absolute Gasteiger partial charge is 0.410 e. The van der Waals surface area contributed by atoms with Crippen LogP contribution < -0.4 is 0 Å². The number of likely N-dealkylation sites (tertiary alicyclic amines) is 1. The van der Waals surface area contributed by atoms with Gasteiger partial charge in [0.1, 0.15) is 17.9 Å². The molecule has 1 saturated heterocycles. The summed E-state index contributed by atoms with van der Waals surface area (Å²) in [6.07, 6.45) is -3.79. The molecule has 1 aromatic rings. The molecule has 2 rings (SSSR count). The highest BCUT2D eigenvalue weighted by molar-refractivity contribution is 5.69. The van der Waals surface area contributed by atoms with Gasteiger partial charge in [0.25, 0.3) is 0 Å². The van der Waals surface area contributed by atoms with E-state index in [1.54, 1.807) is 51.1 Å². The van der Waals surface area contributed by atoms with E-state index in [2.05, 4.69) is 0 Å². The fourth-order valence-electron chi connectivity index (χ4n) is 3.10. The van der Waals surface area contributed by atoms with Crippen LogP contribution in [0, 0.1) is 10.1 Å². The van der Waals surface area contributed by atoms with Gasteiger partial charge in [-0.2, -0.15) is 0 Å². The zero-order valence-corrected chi connectivity index (χ0v) is 15.2. The summed E-state index contributed by atoms with van der Waals surface area (Å²) in [5.41, 5.74) is -0.0973. The largest absolute Gasteiger partial charge is 0.444 e. The number of hydrogen-bond acceptors (Lipinski definition) is 5. The van der Waals surface area contributed by atoms with Gasteiger partial charge in [0.15, 0.2) is 0 Å². The number of nitro groups is 1. The van der Waals surface area contributed by atoms with Gasteiger partial charge in [0.2, 0.25) is 6.04 Å². The highest BCUT2D eigenvalue weighted by Gasteiger charge is 2.47. The number of halogens is 1. The van der Waals surface area contributed by atoms with Crippen molar-refractivity contribution in [3.8, 4) is 0 Å². The molecular weight excluding hydrogens is 343 g/mol. The topological polar surface area (TPSA) is 92.9 Å². The average Bonchev–Trinajstić information content (AvgIpc) is 2.93. The van der Waals surface area contributed by atoms with Gasteiger partial charge in [-0.05, 0) is 26.3 Å². The van der Waals surface area contributed by atoms with E-state index >= 15 is 0 Å². The Hall–Kier alpha value is -2.22. The lowest BCUT2D eigenvalue weighted by molar-refractivity contribution is -0.535. The predicted molar refractivity (Wildman–Crippen MR) is 93.2 cm³/mol. The van der Waals surface area contributed by atoms with Crippen molar-refractivity contribution in [1.29, 1.82) is 0 Å². The number of benzene rings is 1. The molecule has 1 aliphatic heterocycles. The molecule has 1 N–H and O–H groups in total. The maximum absolute atomic E-state index is 13.9. The normalized spacial score (nSPS) is 22.7. The summed E-state index contributed by atoms with van der Waals surface area (Å²) in [6.45, 7) is 4.78. The highest BCUT2D eigenvalue weighted by atomic mass is 19.1. The third-order valence-electron chi connectivity index (χ3n) is 4.27. The number of alkyl halides is 1.